The van der Waals surface area contributed by atoms with E-state index in [9.17, 15) is 0 Å². The number of benzene rings is 10. The van der Waals surface area contributed by atoms with E-state index in [1.54, 1.807) is 11.3 Å². The molecule has 0 amide bonds. The standard InChI is InChI=1S/C60H28B9N3S/c61-52-48(53(62)57(66)54(63)50(52)51-55(64)58(67)60(69)59(68)56(51)65)29-20-25-46-38(26-29)49-45(18-9-19-47(49)73-46)72-42-17-8-4-13-35(42)37-28-31(22-24-44(37)72)71-41-16-7-3-12-34(41)36-27-30(21-23-43(36)71)70-39-14-5-1-10-32(39)33-11-2-6-15-40(33)70/h1-28H. The van der Waals surface area contributed by atoms with E-state index in [0.29, 0.717) is 5.56 Å². The molecule has 3 nitrogen and oxygen atoms in total. The predicted molar refractivity (Wildman–Crippen MR) is 322 cm³/mol. The summed E-state index contributed by atoms with van der Waals surface area (Å²) in [7, 11) is 59.2. The van der Waals surface area contributed by atoms with E-state index in [0.717, 1.165) is 75.6 Å². The molecule has 0 bridgehead atoms. The lowest BCUT2D eigenvalue weighted by Crippen LogP contribution is -2.57. The molecule has 0 saturated heterocycles. The van der Waals surface area contributed by atoms with Crippen LogP contribution >= 0.6 is 11.3 Å². The molecular formula is C60H28B9N3S. The molecule has 0 unspecified atom stereocenters. The van der Waals surface area contributed by atoms with Crippen LogP contribution in [0.25, 0.3) is 125 Å². The number of nitrogens with zero attached hydrogens (tertiary/aromatic N) is 3. The van der Waals surface area contributed by atoms with Crippen molar-refractivity contribution in [2.45, 2.75) is 0 Å². The van der Waals surface area contributed by atoms with Crippen LogP contribution in [0.2, 0.25) is 0 Å². The summed E-state index contributed by atoms with van der Waals surface area (Å²) in [6, 6.07) is 60.9. The Kier molecular flexibility index (Phi) is 9.80. The largest absolute Gasteiger partial charge is 0.309 e. The van der Waals surface area contributed by atoms with E-state index in [4.69, 9.17) is 70.6 Å². The van der Waals surface area contributed by atoms with Crippen LogP contribution in [0.15, 0.2) is 170 Å². The first-order chi connectivity index (χ1) is 35.5. The minimum absolute atomic E-state index is 0.0644. The fraction of sp³-hybridized carbons (Fsp3) is 0. The Balaban J connectivity index is 0.953. The lowest BCUT2D eigenvalue weighted by atomic mass is 9.56. The maximum absolute atomic E-state index is 7.09. The van der Waals surface area contributed by atoms with Crippen molar-refractivity contribution < 1.29 is 0 Å². The second kappa shape index (κ2) is 16.2. The summed E-state index contributed by atoms with van der Waals surface area (Å²) in [5.41, 5.74) is 12.7. The van der Waals surface area contributed by atoms with Gasteiger partial charge < -0.3 is 13.7 Å². The number of aromatic nitrogens is 3. The topological polar surface area (TPSA) is 14.8 Å². The first-order valence-corrected chi connectivity index (χ1v) is 24.6. The third kappa shape index (κ3) is 6.18. The van der Waals surface area contributed by atoms with Crippen LogP contribution < -0.4 is 49.2 Å². The summed E-state index contributed by atoms with van der Waals surface area (Å²) in [5, 5.41) is 9.20. The highest BCUT2D eigenvalue weighted by Gasteiger charge is 2.24. The van der Waals surface area contributed by atoms with Crippen molar-refractivity contribution in [1.29, 1.82) is 0 Å². The maximum atomic E-state index is 7.09. The summed E-state index contributed by atoms with van der Waals surface area (Å²) in [6.07, 6.45) is 0. The molecule has 14 rings (SSSR count). The Bertz CT molecular complexity index is 4670. The van der Waals surface area contributed by atoms with E-state index in [1.807, 2.05) is 6.07 Å². The monoisotopic (exact) mass is 921 g/mol. The van der Waals surface area contributed by atoms with Crippen LogP contribution in [0.3, 0.4) is 0 Å². The third-order valence-electron chi connectivity index (χ3n) is 15.0. The lowest BCUT2D eigenvalue weighted by Gasteiger charge is -2.28. The van der Waals surface area contributed by atoms with Crippen molar-refractivity contribution in [3.63, 3.8) is 0 Å². The molecule has 13 heteroatoms. The number of hydrogen-bond acceptors (Lipinski definition) is 1. The molecule has 0 saturated carbocycles. The van der Waals surface area contributed by atoms with Crippen molar-refractivity contribution in [3.05, 3.63) is 170 Å². The number of para-hydroxylation sites is 4. The predicted octanol–water partition coefficient (Wildman–Crippen LogP) is 5.82. The van der Waals surface area contributed by atoms with Gasteiger partial charge in [-0.05, 0) is 107 Å². The molecule has 0 aliphatic carbocycles. The summed E-state index contributed by atoms with van der Waals surface area (Å²) >= 11 is 1.72. The van der Waals surface area contributed by atoms with Crippen LogP contribution in [0.5, 0.6) is 0 Å². The van der Waals surface area contributed by atoms with Gasteiger partial charge in [0.2, 0.25) is 0 Å². The van der Waals surface area contributed by atoms with Crippen molar-refractivity contribution in [2.75, 3.05) is 0 Å². The van der Waals surface area contributed by atoms with Crippen LogP contribution in [-0.2, 0) is 0 Å². The average molecular weight is 920 g/mol. The molecule has 0 fully saturated rings. The fourth-order valence-corrected chi connectivity index (χ4v) is 12.7. The van der Waals surface area contributed by atoms with Gasteiger partial charge >= 0.3 is 0 Å². The molecule has 18 radical (unpaired) electrons. The van der Waals surface area contributed by atoms with Gasteiger partial charge in [0.25, 0.3) is 0 Å². The normalized spacial score (nSPS) is 12.1. The first kappa shape index (κ1) is 44.1. The van der Waals surface area contributed by atoms with Gasteiger partial charge in [0.05, 0.1) is 38.8 Å². The average Bonchev–Trinajstić information content (AvgIpc) is 4.16. The SMILES string of the molecule is [B]c1c([B])c([B])c(-c2c([B])c([B])c([B])c(-c3ccc4sc5cccc(-n6c7ccccc7c7cc(-n8c9ccccc9c9cc(-n%10c%11ccccc%11c%11ccccc%11%10)ccc98)ccc76)c5c4c3)c2[B])c([B])c1[B]. The summed E-state index contributed by atoms with van der Waals surface area (Å²) < 4.78 is 9.35. The van der Waals surface area contributed by atoms with Gasteiger partial charge in [0, 0.05) is 63.9 Å². The van der Waals surface area contributed by atoms with Crippen molar-refractivity contribution in [2.24, 2.45) is 0 Å². The molecule has 316 valence electrons. The molecule has 14 aromatic rings. The van der Waals surface area contributed by atoms with Crippen LogP contribution in [-0.4, -0.2) is 84.3 Å². The molecule has 73 heavy (non-hydrogen) atoms. The minimum atomic E-state index is 0.0644. The van der Waals surface area contributed by atoms with Gasteiger partial charge in [-0.3, -0.25) is 0 Å². The van der Waals surface area contributed by atoms with E-state index in [2.05, 4.69) is 177 Å². The fourth-order valence-electron chi connectivity index (χ4n) is 11.6. The van der Waals surface area contributed by atoms with Gasteiger partial charge in [-0.1, -0.05) is 112 Å². The Morgan fingerprint density at radius 2 is 0.685 bits per heavy atom. The highest BCUT2D eigenvalue weighted by molar-refractivity contribution is 7.26. The van der Waals surface area contributed by atoms with Gasteiger partial charge in [-0.25, -0.2) is 0 Å². The third-order valence-corrected chi connectivity index (χ3v) is 16.2. The zero-order valence-electron chi connectivity index (χ0n) is 39.1. The van der Waals surface area contributed by atoms with E-state index in [-0.39, 0.29) is 60.3 Å². The molecule has 0 N–H and O–H groups in total. The summed E-state index contributed by atoms with van der Waals surface area (Å²) in [6.45, 7) is 0. The molecule has 0 aliphatic rings. The second-order valence-electron chi connectivity index (χ2n) is 18.8. The molecule has 0 atom stereocenters. The maximum Gasteiger partial charge on any atom is 0.115 e. The lowest BCUT2D eigenvalue weighted by molar-refractivity contribution is 1.16. The minimum Gasteiger partial charge on any atom is -0.309 e. The molecule has 0 spiro atoms. The smallest absolute Gasteiger partial charge is 0.115 e. The molecule has 4 heterocycles. The van der Waals surface area contributed by atoms with Crippen LogP contribution in [0.1, 0.15) is 0 Å². The summed E-state index contributed by atoms with van der Waals surface area (Å²) in [4.78, 5) is 0. The van der Waals surface area contributed by atoms with Crippen LogP contribution in [0.4, 0.5) is 0 Å². The highest BCUT2D eigenvalue weighted by Crippen LogP contribution is 2.43. The Morgan fingerprint density at radius 1 is 0.274 bits per heavy atom. The second-order valence-corrected chi connectivity index (χ2v) is 19.9. The first-order valence-electron chi connectivity index (χ1n) is 23.8. The Morgan fingerprint density at radius 3 is 1.22 bits per heavy atom. The van der Waals surface area contributed by atoms with Crippen molar-refractivity contribution in [1.82, 2.24) is 13.7 Å². The van der Waals surface area contributed by atoms with Crippen molar-refractivity contribution >= 4 is 217 Å². The van der Waals surface area contributed by atoms with E-state index < -0.39 is 0 Å². The van der Waals surface area contributed by atoms with Gasteiger partial charge in [-0.2, -0.15) is 0 Å². The van der Waals surface area contributed by atoms with Gasteiger partial charge in [0.15, 0.2) is 0 Å². The zero-order chi connectivity index (χ0) is 49.7. The molecule has 4 aromatic heterocycles. The van der Waals surface area contributed by atoms with E-state index >= 15 is 0 Å². The molecule has 10 aromatic carbocycles. The number of thiophene rings is 1. The molecule has 0 aliphatic heterocycles. The van der Waals surface area contributed by atoms with Crippen molar-refractivity contribution in [3.8, 4) is 39.3 Å². The Labute approximate surface area is 436 Å². The summed E-state index contributed by atoms with van der Waals surface area (Å²) in [5.74, 6) is 0. The number of rotatable bonds is 5. The quantitative estimate of drug-likeness (QED) is 0.194. The van der Waals surface area contributed by atoms with Crippen LogP contribution in [0, 0.1) is 0 Å². The van der Waals surface area contributed by atoms with Gasteiger partial charge in [-0.15, -0.1) is 33.2 Å². The number of fused-ring (bicyclic) bond motifs is 12. The Hall–Kier alpha value is -7.60. The van der Waals surface area contributed by atoms with Gasteiger partial charge in [0.1, 0.15) is 70.6 Å². The zero-order valence-corrected chi connectivity index (χ0v) is 39.9. The van der Waals surface area contributed by atoms with E-state index in [1.165, 1.54) is 32.6 Å². The number of hydrogen-bond donors (Lipinski definition) is 0. The highest BCUT2D eigenvalue weighted by atomic mass is 32.1. The molecular weight excluding hydrogens is 892 g/mol.